The molecule has 0 unspecified atom stereocenters. The van der Waals surface area contributed by atoms with Crippen molar-refractivity contribution in [2.45, 2.75) is 0 Å². The molecular weight excluding hydrogens is 311 g/mol. The molecule has 1 aliphatic carbocycles. The quantitative estimate of drug-likeness (QED) is 0.831. The zero-order chi connectivity index (χ0) is 15.0. The molecule has 2 aromatic rings. The first kappa shape index (κ1) is 13.9. The number of ether oxygens (including phenoxy) is 1. The highest BCUT2D eigenvalue weighted by Crippen LogP contribution is 2.30. The molecule has 3 rings (SSSR count). The molecule has 0 saturated heterocycles. The van der Waals surface area contributed by atoms with Gasteiger partial charge >= 0.3 is 0 Å². The van der Waals surface area contributed by atoms with Crippen LogP contribution in [0, 0.1) is 0 Å². The summed E-state index contributed by atoms with van der Waals surface area (Å²) in [7, 11) is 0. The number of hydrogen-bond acceptors (Lipinski definition) is 3. The minimum Gasteiger partial charge on any atom is -0.451 e. The van der Waals surface area contributed by atoms with E-state index in [0.29, 0.717) is 10.8 Å². The molecule has 0 N–H and O–H groups in total. The van der Waals surface area contributed by atoms with E-state index in [1.807, 2.05) is 0 Å². The zero-order valence-corrected chi connectivity index (χ0v) is 12.1. The van der Waals surface area contributed by atoms with Crippen LogP contribution in [0.4, 0.5) is 0 Å². The lowest BCUT2D eigenvalue weighted by molar-refractivity contribution is 0.0943. The van der Waals surface area contributed by atoms with Crippen molar-refractivity contribution in [3.05, 3.63) is 75.5 Å². The first-order chi connectivity index (χ1) is 10.1. The fourth-order valence-corrected chi connectivity index (χ4v) is 2.39. The van der Waals surface area contributed by atoms with E-state index in [2.05, 4.69) is 0 Å². The lowest BCUT2D eigenvalue weighted by Crippen LogP contribution is -2.23. The standard InChI is InChI=1S/C16H8Cl2O3/c17-9-5-7-10(8-6-9)21-16-13(18)14(19)11-3-1-2-4-12(11)15(16)20/h1-8H. The molecule has 0 spiro atoms. The topological polar surface area (TPSA) is 43.4 Å². The van der Waals surface area contributed by atoms with E-state index in [1.165, 1.54) is 0 Å². The summed E-state index contributed by atoms with van der Waals surface area (Å²) < 4.78 is 5.48. The van der Waals surface area contributed by atoms with Crippen LogP contribution < -0.4 is 4.74 Å². The van der Waals surface area contributed by atoms with Crippen molar-refractivity contribution in [2.75, 3.05) is 0 Å². The fourth-order valence-electron chi connectivity index (χ4n) is 2.03. The van der Waals surface area contributed by atoms with Gasteiger partial charge in [0.25, 0.3) is 0 Å². The number of hydrogen-bond donors (Lipinski definition) is 0. The Balaban J connectivity index is 2.02. The van der Waals surface area contributed by atoms with E-state index < -0.39 is 11.6 Å². The SMILES string of the molecule is O=C1C(Cl)=C(Oc2ccc(Cl)cc2)C(=O)c2ccccc21. The number of rotatable bonds is 2. The van der Waals surface area contributed by atoms with Crippen molar-refractivity contribution < 1.29 is 14.3 Å². The third-order valence-electron chi connectivity index (χ3n) is 3.05. The van der Waals surface area contributed by atoms with Gasteiger partial charge < -0.3 is 4.74 Å². The van der Waals surface area contributed by atoms with Crippen molar-refractivity contribution in [2.24, 2.45) is 0 Å². The van der Waals surface area contributed by atoms with Crippen LogP contribution in [0.3, 0.4) is 0 Å². The lowest BCUT2D eigenvalue weighted by Gasteiger charge is -2.17. The van der Waals surface area contributed by atoms with E-state index in [-0.39, 0.29) is 21.9 Å². The summed E-state index contributed by atoms with van der Waals surface area (Å²) in [6.07, 6.45) is 0. The summed E-state index contributed by atoms with van der Waals surface area (Å²) in [4.78, 5) is 24.6. The van der Waals surface area contributed by atoms with Gasteiger partial charge in [-0.05, 0) is 24.3 Å². The highest BCUT2D eigenvalue weighted by Gasteiger charge is 2.32. The van der Waals surface area contributed by atoms with Crippen molar-refractivity contribution in [3.63, 3.8) is 0 Å². The summed E-state index contributed by atoms with van der Waals surface area (Å²) >= 11 is 11.8. The number of Topliss-reactive ketones (excluding diaryl/α,β-unsaturated/α-hetero) is 2. The van der Waals surface area contributed by atoms with Gasteiger partial charge in [0, 0.05) is 16.1 Å². The van der Waals surface area contributed by atoms with Crippen LogP contribution in [0.1, 0.15) is 20.7 Å². The average molecular weight is 319 g/mol. The Kier molecular flexibility index (Phi) is 3.53. The van der Waals surface area contributed by atoms with Gasteiger partial charge in [-0.25, -0.2) is 0 Å². The highest BCUT2D eigenvalue weighted by atomic mass is 35.5. The van der Waals surface area contributed by atoms with Crippen LogP contribution in [-0.2, 0) is 0 Å². The Bertz CT molecular complexity index is 776. The molecule has 0 atom stereocenters. The average Bonchev–Trinajstić information content (AvgIpc) is 2.51. The summed E-state index contributed by atoms with van der Waals surface area (Å²) in [5.74, 6) is -0.614. The first-order valence-corrected chi connectivity index (χ1v) is 6.85. The summed E-state index contributed by atoms with van der Waals surface area (Å²) in [5, 5.41) is 0.326. The van der Waals surface area contributed by atoms with Crippen LogP contribution in [0.5, 0.6) is 5.75 Å². The molecule has 21 heavy (non-hydrogen) atoms. The normalized spacial score (nSPS) is 14.2. The largest absolute Gasteiger partial charge is 0.451 e. The van der Waals surface area contributed by atoms with Gasteiger partial charge in [-0.2, -0.15) is 0 Å². The third kappa shape index (κ3) is 2.46. The first-order valence-electron chi connectivity index (χ1n) is 6.09. The molecule has 0 fully saturated rings. The maximum absolute atomic E-state index is 12.4. The molecule has 0 bridgehead atoms. The van der Waals surface area contributed by atoms with Crippen LogP contribution in [0.2, 0.25) is 5.02 Å². The smallest absolute Gasteiger partial charge is 0.230 e. The van der Waals surface area contributed by atoms with Crippen molar-refractivity contribution in [1.82, 2.24) is 0 Å². The van der Waals surface area contributed by atoms with E-state index in [1.54, 1.807) is 48.5 Å². The second-order valence-electron chi connectivity index (χ2n) is 4.40. The molecule has 0 saturated carbocycles. The van der Waals surface area contributed by atoms with E-state index >= 15 is 0 Å². The second kappa shape index (κ2) is 5.35. The Morgan fingerprint density at radius 3 is 1.95 bits per heavy atom. The molecule has 5 heteroatoms. The van der Waals surface area contributed by atoms with Gasteiger partial charge in [0.15, 0.2) is 5.76 Å². The maximum atomic E-state index is 12.4. The Hall–Kier alpha value is -2.10. The van der Waals surface area contributed by atoms with E-state index in [9.17, 15) is 9.59 Å². The molecule has 2 aromatic carbocycles. The number of fused-ring (bicyclic) bond motifs is 1. The molecular formula is C16H8Cl2O3. The summed E-state index contributed by atoms with van der Waals surface area (Å²) in [5.41, 5.74) is 0.576. The van der Waals surface area contributed by atoms with Gasteiger partial charge in [0.2, 0.25) is 11.6 Å². The van der Waals surface area contributed by atoms with E-state index in [4.69, 9.17) is 27.9 Å². The molecule has 0 amide bonds. The number of ketones is 2. The Morgan fingerprint density at radius 1 is 0.762 bits per heavy atom. The van der Waals surface area contributed by atoms with Crippen LogP contribution >= 0.6 is 23.2 Å². The molecule has 3 nitrogen and oxygen atoms in total. The van der Waals surface area contributed by atoms with Crippen LogP contribution in [0.15, 0.2) is 59.3 Å². The Morgan fingerprint density at radius 2 is 1.33 bits per heavy atom. The predicted molar refractivity (Wildman–Crippen MR) is 80.1 cm³/mol. The lowest BCUT2D eigenvalue weighted by atomic mass is 9.93. The number of carbonyl (C=O) groups excluding carboxylic acids is 2. The Labute approximate surface area is 130 Å². The number of allylic oxidation sites excluding steroid dienone is 2. The molecule has 1 aliphatic rings. The van der Waals surface area contributed by atoms with Gasteiger partial charge in [0.1, 0.15) is 10.8 Å². The minimum atomic E-state index is -0.421. The van der Waals surface area contributed by atoms with Crippen LogP contribution in [-0.4, -0.2) is 11.6 Å². The monoisotopic (exact) mass is 318 g/mol. The number of benzene rings is 2. The number of carbonyl (C=O) groups is 2. The van der Waals surface area contributed by atoms with E-state index in [0.717, 1.165) is 0 Å². The van der Waals surface area contributed by atoms with Crippen molar-refractivity contribution in [3.8, 4) is 5.75 Å². The number of halogens is 2. The van der Waals surface area contributed by atoms with Crippen LogP contribution in [0.25, 0.3) is 0 Å². The van der Waals surface area contributed by atoms with Gasteiger partial charge in [-0.3, -0.25) is 9.59 Å². The molecule has 104 valence electrons. The fraction of sp³-hybridized carbons (Fsp3) is 0. The van der Waals surface area contributed by atoms with Crippen molar-refractivity contribution >= 4 is 34.8 Å². The molecule has 0 radical (unpaired) electrons. The summed E-state index contributed by atoms with van der Waals surface area (Å²) in [6, 6.07) is 12.9. The minimum absolute atomic E-state index is 0.164. The maximum Gasteiger partial charge on any atom is 0.230 e. The van der Waals surface area contributed by atoms with Gasteiger partial charge in [0.05, 0.1) is 0 Å². The van der Waals surface area contributed by atoms with Gasteiger partial charge in [-0.15, -0.1) is 0 Å². The van der Waals surface area contributed by atoms with Crippen molar-refractivity contribution in [1.29, 1.82) is 0 Å². The highest BCUT2D eigenvalue weighted by molar-refractivity contribution is 6.49. The predicted octanol–water partition coefficient (Wildman–Crippen LogP) is 4.25. The molecule has 0 aromatic heterocycles. The summed E-state index contributed by atoms with van der Waals surface area (Å²) in [6.45, 7) is 0. The molecule has 0 aliphatic heterocycles. The second-order valence-corrected chi connectivity index (χ2v) is 5.22. The van der Waals surface area contributed by atoms with Gasteiger partial charge in [-0.1, -0.05) is 47.5 Å². The zero-order valence-electron chi connectivity index (χ0n) is 10.6. The third-order valence-corrected chi connectivity index (χ3v) is 3.65. The molecule has 0 heterocycles.